The van der Waals surface area contributed by atoms with Crippen LogP contribution in [0.15, 0.2) is 39.9 Å². The molecule has 0 fully saturated rings. The van der Waals surface area contributed by atoms with E-state index in [1.807, 2.05) is 0 Å². The lowest BCUT2D eigenvalue weighted by Gasteiger charge is -2.10. The Balaban J connectivity index is 1.78. The lowest BCUT2D eigenvalue weighted by atomic mass is 10.2. The van der Waals surface area contributed by atoms with Crippen LogP contribution in [0.3, 0.4) is 0 Å². The number of amides is 2. The molecule has 0 bridgehead atoms. The zero-order valence-corrected chi connectivity index (χ0v) is 19.9. The summed E-state index contributed by atoms with van der Waals surface area (Å²) < 4.78 is 21.6. The third-order valence-corrected chi connectivity index (χ3v) is 4.96. The summed E-state index contributed by atoms with van der Waals surface area (Å²) in [7, 11) is 6.12. The van der Waals surface area contributed by atoms with E-state index in [-0.39, 0.29) is 18.2 Å². The third-order valence-electron chi connectivity index (χ3n) is 4.37. The normalized spacial score (nSPS) is 10.5. The van der Waals surface area contributed by atoms with Gasteiger partial charge in [0.25, 0.3) is 5.91 Å². The Morgan fingerprint density at radius 2 is 1.69 bits per heavy atom. The van der Waals surface area contributed by atoms with Crippen molar-refractivity contribution < 1.29 is 28.5 Å². The van der Waals surface area contributed by atoms with Gasteiger partial charge in [-0.1, -0.05) is 0 Å². The molecule has 0 heterocycles. The van der Waals surface area contributed by atoms with Gasteiger partial charge in [0.05, 0.1) is 39.1 Å². The molecule has 0 aliphatic carbocycles. The Kier molecular flexibility index (Phi) is 9.80. The van der Waals surface area contributed by atoms with E-state index in [4.69, 9.17) is 18.9 Å². The number of hydrogen-bond acceptors (Lipinski definition) is 7. The van der Waals surface area contributed by atoms with Gasteiger partial charge in [0.15, 0.2) is 23.0 Å². The maximum Gasteiger partial charge on any atom is 0.251 e. The molecule has 2 amide bonds. The minimum Gasteiger partial charge on any atom is -0.493 e. The Hall–Kier alpha value is -3.27. The van der Waals surface area contributed by atoms with Crippen LogP contribution in [0.5, 0.6) is 23.0 Å². The second kappa shape index (κ2) is 12.6. The van der Waals surface area contributed by atoms with Gasteiger partial charge in [-0.25, -0.2) is 5.43 Å². The summed E-state index contributed by atoms with van der Waals surface area (Å²) in [4.78, 5) is 24.2. The molecular weight excluding hydrogens is 482 g/mol. The number of methoxy groups -OCH3 is 4. The van der Waals surface area contributed by atoms with E-state index in [2.05, 4.69) is 31.8 Å². The first-order valence-electron chi connectivity index (χ1n) is 9.67. The second-order valence-electron chi connectivity index (χ2n) is 6.46. The number of hydrogen-bond donors (Lipinski definition) is 2. The van der Waals surface area contributed by atoms with E-state index in [9.17, 15) is 9.59 Å². The molecule has 2 rings (SSSR count). The molecule has 0 saturated carbocycles. The summed E-state index contributed by atoms with van der Waals surface area (Å²) >= 11 is 3.40. The van der Waals surface area contributed by atoms with Gasteiger partial charge in [0, 0.05) is 18.5 Å². The third kappa shape index (κ3) is 6.88. The van der Waals surface area contributed by atoms with Crippen molar-refractivity contribution in [3.05, 3.63) is 45.9 Å². The Morgan fingerprint density at radius 3 is 2.34 bits per heavy atom. The molecule has 0 spiro atoms. The van der Waals surface area contributed by atoms with Gasteiger partial charge in [0.1, 0.15) is 0 Å². The Labute approximate surface area is 195 Å². The molecule has 0 aromatic heterocycles. The molecule has 9 nitrogen and oxygen atoms in total. The number of benzene rings is 2. The van der Waals surface area contributed by atoms with Crippen molar-refractivity contribution >= 4 is 34.0 Å². The molecule has 172 valence electrons. The Morgan fingerprint density at radius 1 is 0.969 bits per heavy atom. The van der Waals surface area contributed by atoms with Crippen molar-refractivity contribution in [2.24, 2.45) is 5.10 Å². The predicted octanol–water partition coefficient (Wildman–Crippen LogP) is 3.14. The lowest BCUT2D eigenvalue weighted by Crippen LogP contribution is -2.26. The standard InChI is InChI=1S/C22H26BrN3O6/c1-29-17-8-7-15(12-18(17)30-2)22(28)24-9-5-6-20(27)26-25-13-14-10-16(23)21(32-4)19(11-14)31-3/h7-8,10-13H,5-6,9H2,1-4H3,(H,24,28)(H,26,27). The zero-order chi connectivity index (χ0) is 23.5. The zero-order valence-electron chi connectivity index (χ0n) is 18.4. The van der Waals surface area contributed by atoms with Gasteiger partial charge >= 0.3 is 0 Å². The smallest absolute Gasteiger partial charge is 0.251 e. The second-order valence-corrected chi connectivity index (χ2v) is 7.31. The number of halogens is 1. The molecular formula is C22H26BrN3O6. The maximum absolute atomic E-state index is 12.3. The van der Waals surface area contributed by atoms with Crippen molar-refractivity contribution in [1.29, 1.82) is 0 Å². The van der Waals surface area contributed by atoms with Crippen LogP contribution >= 0.6 is 15.9 Å². The Bertz CT molecular complexity index is 980. The van der Waals surface area contributed by atoms with Crippen LogP contribution in [0.25, 0.3) is 0 Å². The van der Waals surface area contributed by atoms with E-state index >= 15 is 0 Å². The number of nitrogens with one attached hydrogen (secondary N) is 2. The minimum atomic E-state index is -0.263. The van der Waals surface area contributed by atoms with Crippen molar-refractivity contribution in [2.75, 3.05) is 35.0 Å². The predicted molar refractivity (Wildman–Crippen MR) is 124 cm³/mol. The number of ether oxygens (including phenoxy) is 4. The summed E-state index contributed by atoms with van der Waals surface area (Å²) in [6, 6.07) is 8.44. The molecule has 0 saturated heterocycles. The van der Waals surface area contributed by atoms with Crippen molar-refractivity contribution in [3.8, 4) is 23.0 Å². The fourth-order valence-corrected chi connectivity index (χ4v) is 3.40. The molecule has 2 N–H and O–H groups in total. The van der Waals surface area contributed by atoms with Gasteiger partial charge in [0.2, 0.25) is 5.91 Å². The molecule has 10 heteroatoms. The van der Waals surface area contributed by atoms with E-state index in [0.29, 0.717) is 46.0 Å². The van der Waals surface area contributed by atoms with Crippen molar-refractivity contribution in [3.63, 3.8) is 0 Å². The van der Waals surface area contributed by atoms with Crippen LogP contribution in [-0.4, -0.2) is 53.0 Å². The summed E-state index contributed by atoms with van der Waals surface area (Å²) in [5, 5.41) is 6.73. The van der Waals surface area contributed by atoms with Crippen molar-refractivity contribution in [1.82, 2.24) is 10.7 Å². The van der Waals surface area contributed by atoms with E-state index in [1.165, 1.54) is 27.5 Å². The average Bonchev–Trinajstić information content (AvgIpc) is 2.80. The fourth-order valence-electron chi connectivity index (χ4n) is 2.78. The molecule has 2 aromatic rings. The van der Waals surface area contributed by atoms with E-state index in [0.717, 1.165) is 5.56 Å². The lowest BCUT2D eigenvalue weighted by molar-refractivity contribution is -0.121. The monoisotopic (exact) mass is 507 g/mol. The summed E-state index contributed by atoms with van der Waals surface area (Å²) in [6.07, 6.45) is 2.17. The first kappa shape index (κ1) is 25.0. The molecule has 0 unspecified atom stereocenters. The highest BCUT2D eigenvalue weighted by Crippen LogP contribution is 2.35. The van der Waals surface area contributed by atoms with Crippen molar-refractivity contribution in [2.45, 2.75) is 12.8 Å². The van der Waals surface area contributed by atoms with E-state index in [1.54, 1.807) is 37.4 Å². The summed E-state index contributed by atoms with van der Waals surface area (Å²) in [6.45, 7) is 0.340. The van der Waals surface area contributed by atoms with Gasteiger partial charge in [-0.05, 0) is 58.2 Å². The van der Waals surface area contributed by atoms with Crippen LogP contribution in [0.2, 0.25) is 0 Å². The van der Waals surface area contributed by atoms with Crippen LogP contribution < -0.4 is 29.7 Å². The molecule has 0 atom stereocenters. The largest absolute Gasteiger partial charge is 0.493 e. The highest BCUT2D eigenvalue weighted by atomic mass is 79.9. The maximum atomic E-state index is 12.3. The van der Waals surface area contributed by atoms with Crippen LogP contribution in [0.1, 0.15) is 28.8 Å². The van der Waals surface area contributed by atoms with E-state index < -0.39 is 0 Å². The first-order chi connectivity index (χ1) is 15.4. The molecule has 2 aromatic carbocycles. The average molecular weight is 508 g/mol. The SMILES string of the molecule is COc1ccc(C(=O)NCCCC(=O)NN=Cc2cc(Br)c(OC)c(OC)c2)cc1OC. The highest BCUT2D eigenvalue weighted by Gasteiger charge is 2.11. The van der Waals surface area contributed by atoms with Gasteiger partial charge in [-0.15, -0.1) is 0 Å². The summed E-state index contributed by atoms with van der Waals surface area (Å²) in [5.41, 5.74) is 3.63. The molecule has 0 aliphatic rings. The number of nitrogens with zero attached hydrogens (tertiary/aromatic N) is 1. The quantitative estimate of drug-likeness (QED) is 0.275. The minimum absolute atomic E-state index is 0.208. The molecule has 32 heavy (non-hydrogen) atoms. The van der Waals surface area contributed by atoms with Crippen LogP contribution in [0, 0.1) is 0 Å². The van der Waals surface area contributed by atoms with Crippen LogP contribution in [-0.2, 0) is 4.79 Å². The van der Waals surface area contributed by atoms with Crippen LogP contribution in [0.4, 0.5) is 0 Å². The number of carbonyl (C=O) groups is 2. The van der Waals surface area contributed by atoms with Gasteiger partial charge in [-0.2, -0.15) is 5.10 Å². The highest BCUT2D eigenvalue weighted by molar-refractivity contribution is 9.10. The number of rotatable bonds is 11. The summed E-state index contributed by atoms with van der Waals surface area (Å²) in [5.74, 6) is 1.61. The molecule has 0 aliphatic heterocycles. The molecule has 0 radical (unpaired) electrons. The fraction of sp³-hybridized carbons (Fsp3) is 0.318. The number of hydrazone groups is 1. The van der Waals surface area contributed by atoms with Gasteiger partial charge in [-0.3, -0.25) is 9.59 Å². The topological polar surface area (TPSA) is 107 Å². The van der Waals surface area contributed by atoms with Gasteiger partial charge < -0.3 is 24.3 Å². The first-order valence-corrected chi connectivity index (χ1v) is 10.5. The number of carbonyl (C=O) groups excluding carboxylic acids is 2.